The summed E-state index contributed by atoms with van der Waals surface area (Å²) in [4.78, 5) is 3.48. The molecule has 2 fully saturated rings. The third-order valence-electron chi connectivity index (χ3n) is 5.32. The highest BCUT2D eigenvalue weighted by atomic mass is 35.5. The second-order valence-electron chi connectivity index (χ2n) is 7.37. The van der Waals surface area contributed by atoms with Crippen LogP contribution in [0.25, 0.3) is 0 Å². The second kappa shape index (κ2) is 11.9. The van der Waals surface area contributed by atoms with Gasteiger partial charge in [-0.05, 0) is 37.8 Å². The number of ether oxygens (including phenoxy) is 2. The first-order valence-electron chi connectivity index (χ1n) is 9.71. The fourth-order valence-corrected chi connectivity index (χ4v) is 3.97. The molecule has 2 heterocycles. The van der Waals surface area contributed by atoms with Crippen LogP contribution in [0.4, 0.5) is 4.39 Å². The van der Waals surface area contributed by atoms with Crippen molar-refractivity contribution in [3.05, 3.63) is 29.3 Å². The van der Waals surface area contributed by atoms with Gasteiger partial charge in [0.25, 0.3) is 0 Å². The Morgan fingerprint density at radius 1 is 1.27 bits per heavy atom. The molecule has 148 valence electrons. The summed E-state index contributed by atoms with van der Waals surface area (Å²) in [7, 11) is 1.81. The second-order valence-corrected chi connectivity index (χ2v) is 7.80. The van der Waals surface area contributed by atoms with E-state index in [2.05, 4.69) is 10.3 Å². The largest absolute Gasteiger partial charge is 0.383 e. The van der Waals surface area contributed by atoms with Gasteiger partial charge >= 0.3 is 0 Å². The summed E-state index contributed by atoms with van der Waals surface area (Å²) < 4.78 is 22.9. The quantitative estimate of drug-likeness (QED) is 0.774. The lowest BCUT2D eigenvalue weighted by molar-refractivity contribution is 0.0000755. The van der Waals surface area contributed by atoms with E-state index in [1.165, 1.54) is 50.8 Å². The smallest absolute Gasteiger partial charge is 0.142 e. The van der Waals surface area contributed by atoms with Crippen molar-refractivity contribution in [1.29, 1.82) is 0 Å². The van der Waals surface area contributed by atoms with Gasteiger partial charge < -0.3 is 14.8 Å². The zero-order valence-corrected chi connectivity index (χ0v) is 16.6. The highest BCUT2D eigenvalue weighted by Gasteiger charge is 2.32. The third-order valence-corrected chi connectivity index (χ3v) is 5.53. The molecule has 0 atom stereocenters. The van der Waals surface area contributed by atoms with Crippen molar-refractivity contribution in [2.45, 2.75) is 56.9 Å². The van der Waals surface area contributed by atoms with Crippen LogP contribution in [0.1, 0.15) is 51.4 Å². The molecule has 1 aromatic heterocycles. The zero-order chi connectivity index (χ0) is 18.7. The average Bonchev–Trinajstić information content (AvgIpc) is 2.64. The lowest BCUT2D eigenvalue weighted by Gasteiger charge is -2.38. The Morgan fingerprint density at radius 2 is 2.00 bits per heavy atom. The molecule has 0 spiro atoms. The minimum Gasteiger partial charge on any atom is -0.383 e. The van der Waals surface area contributed by atoms with Gasteiger partial charge in [-0.25, -0.2) is 4.39 Å². The molecule has 4 nitrogen and oxygen atoms in total. The summed E-state index contributed by atoms with van der Waals surface area (Å²) in [6.45, 7) is 3.72. The molecule has 26 heavy (non-hydrogen) atoms. The minimum absolute atomic E-state index is 0.182. The minimum atomic E-state index is -0.405. The Labute approximate surface area is 161 Å². The number of hydrogen-bond donors (Lipinski definition) is 1. The summed E-state index contributed by atoms with van der Waals surface area (Å²) in [5.74, 6) is 0.559. The Hall–Kier alpha value is -0.750. The summed E-state index contributed by atoms with van der Waals surface area (Å²) >= 11 is 5.34. The van der Waals surface area contributed by atoms with Gasteiger partial charge in [0.15, 0.2) is 0 Å². The van der Waals surface area contributed by atoms with Crippen LogP contribution in [0.3, 0.4) is 0 Å². The Morgan fingerprint density at radius 3 is 2.58 bits per heavy atom. The van der Waals surface area contributed by atoms with Crippen molar-refractivity contribution in [2.75, 3.05) is 33.5 Å². The number of nitrogens with zero attached hydrogens (tertiary/aromatic N) is 1. The monoisotopic (exact) mass is 386 g/mol. The van der Waals surface area contributed by atoms with Gasteiger partial charge in [-0.3, -0.25) is 4.98 Å². The maximum Gasteiger partial charge on any atom is 0.142 e. The first-order valence-corrected chi connectivity index (χ1v) is 10.1. The van der Waals surface area contributed by atoms with Gasteiger partial charge in [0.1, 0.15) is 5.82 Å². The molecule has 1 aliphatic heterocycles. The van der Waals surface area contributed by atoms with Crippen LogP contribution in [0.5, 0.6) is 0 Å². The average molecular weight is 387 g/mol. The number of halogens is 2. The molecule has 6 heteroatoms. The SMILES string of the molecule is COCC1(NCCC2CCCCC2)CCOCC1.Fc1cncc(Cl)c1. The molecule has 3 rings (SSSR count). The zero-order valence-electron chi connectivity index (χ0n) is 15.8. The maximum absolute atomic E-state index is 12.0. The van der Waals surface area contributed by atoms with Crippen LogP contribution >= 0.6 is 11.6 Å². The van der Waals surface area contributed by atoms with Crippen molar-refractivity contribution in [2.24, 2.45) is 5.92 Å². The molecule has 0 amide bonds. The van der Waals surface area contributed by atoms with Gasteiger partial charge in [0.2, 0.25) is 0 Å². The van der Waals surface area contributed by atoms with E-state index in [9.17, 15) is 4.39 Å². The summed E-state index contributed by atoms with van der Waals surface area (Å²) in [5.41, 5.74) is 0.182. The van der Waals surface area contributed by atoms with Gasteiger partial charge in [-0.2, -0.15) is 0 Å². The van der Waals surface area contributed by atoms with E-state index in [1.807, 2.05) is 0 Å². The van der Waals surface area contributed by atoms with Crippen LogP contribution in [0.2, 0.25) is 5.02 Å². The van der Waals surface area contributed by atoms with E-state index < -0.39 is 5.82 Å². The van der Waals surface area contributed by atoms with Crippen LogP contribution in [0, 0.1) is 11.7 Å². The van der Waals surface area contributed by atoms with E-state index in [4.69, 9.17) is 21.1 Å². The van der Waals surface area contributed by atoms with E-state index >= 15 is 0 Å². The van der Waals surface area contributed by atoms with E-state index in [1.54, 1.807) is 7.11 Å². The highest BCUT2D eigenvalue weighted by Crippen LogP contribution is 2.27. The van der Waals surface area contributed by atoms with Crippen molar-refractivity contribution in [1.82, 2.24) is 10.3 Å². The van der Waals surface area contributed by atoms with Gasteiger partial charge in [0.05, 0.1) is 17.8 Å². The molecule has 1 aliphatic carbocycles. The molecular weight excluding hydrogens is 355 g/mol. The van der Waals surface area contributed by atoms with Crippen molar-refractivity contribution < 1.29 is 13.9 Å². The van der Waals surface area contributed by atoms with E-state index in [0.29, 0.717) is 5.02 Å². The lowest BCUT2D eigenvalue weighted by Crippen LogP contribution is -2.53. The summed E-state index contributed by atoms with van der Waals surface area (Å²) in [5, 5.41) is 4.10. The first-order chi connectivity index (χ1) is 12.6. The first kappa shape index (κ1) is 21.5. The predicted molar refractivity (Wildman–Crippen MR) is 103 cm³/mol. The Balaban J connectivity index is 0.000000254. The number of aromatic nitrogens is 1. The van der Waals surface area contributed by atoms with E-state index in [-0.39, 0.29) is 5.54 Å². The number of methoxy groups -OCH3 is 1. The van der Waals surface area contributed by atoms with Crippen LogP contribution < -0.4 is 5.32 Å². The van der Waals surface area contributed by atoms with Crippen molar-refractivity contribution in [3.63, 3.8) is 0 Å². The topological polar surface area (TPSA) is 43.4 Å². The molecule has 2 aliphatic rings. The molecule has 0 unspecified atom stereocenters. The molecule has 0 radical (unpaired) electrons. The Bertz CT molecular complexity index is 484. The molecule has 0 bridgehead atoms. The van der Waals surface area contributed by atoms with Gasteiger partial charge in [-0.1, -0.05) is 43.7 Å². The lowest BCUT2D eigenvalue weighted by atomic mass is 9.86. The molecule has 1 saturated carbocycles. The van der Waals surface area contributed by atoms with Crippen molar-refractivity contribution >= 4 is 11.6 Å². The molecule has 1 aromatic rings. The van der Waals surface area contributed by atoms with Crippen LogP contribution in [-0.2, 0) is 9.47 Å². The number of rotatable bonds is 6. The van der Waals surface area contributed by atoms with Crippen LogP contribution in [-0.4, -0.2) is 44.0 Å². The van der Waals surface area contributed by atoms with Gasteiger partial charge in [-0.15, -0.1) is 0 Å². The summed E-state index contributed by atoms with van der Waals surface area (Å²) in [6, 6.07) is 1.20. The number of nitrogens with one attached hydrogen (secondary N) is 1. The molecule has 1 saturated heterocycles. The highest BCUT2D eigenvalue weighted by molar-refractivity contribution is 6.30. The normalized spacial score (nSPS) is 20.3. The molecule has 0 aromatic carbocycles. The molecule has 1 N–H and O–H groups in total. The summed E-state index contributed by atoms with van der Waals surface area (Å²) in [6.07, 6.45) is 13.2. The predicted octanol–water partition coefficient (Wildman–Crippen LogP) is 4.62. The number of pyridine rings is 1. The maximum atomic E-state index is 12.0. The van der Waals surface area contributed by atoms with Crippen LogP contribution in [0.15, 0.2) is 18.5 Å². The fraction of sp³-hybridized carbons (Fsp3) is 0.750. The standard InChI is InChI=1S/C15H29NO2.C5H3ClFN/c1-17-13-15(8-11-18-12-9-15)16-10-7-14-5-3-2-4-6-14;6-4-1-5(7)3-8-2-4/h14,16H,2-13H2,1H3;1-3H. The number of hydrogen-bond acceptors (Lipinski definition) is 4. The van der Waals surface area contributed by atoms with E-state index in [0.717, 1.165) is 51.3 Å². The molecular formula is C20H32ClFN2O2. The van der Waals surface area contributed by atoms with Crippen molar-refractivity contribution in [3.8, 4) is 0 Å². The third kappa shape index (κ3) is 7.87. The Kier molecular flexibility index (Phi) is 9.83. The van der Waals surface area contributed by atoms with Gasteiger partial charge in [0, 0.05) is 32.1 Å². The fourth-order valence-electron chi connectivity index (χ4n) is 3.81.